The number of hydrogen-bond donors (Lipinski definition) is 6. The molecule has 11 heteroatoms. The normalized spacial score (nSPS) is 23.7. The molecule has 6 N–H and O–H groups in total. The van der Waals surface area contributed by atoms with Crippen molar-refractivity contribution in [3.63, 3.8) is 0 Å². The van der Waals surface area contributed by atoms with Crippen LogP contribution in [0, 0.1) is 17.8 Å². The molecule has 8 aliphatic rings. The number of amides is 1. The Hall–Kier alpha value is -0.890. The fourth-order valence-corrected chi connectivity index (χ4v) is 9.58. The number of carbonyl (C=O) groups is 1. The van der Waals surface area contributed by atoms with E-state index >= 15 is 0 Å². The van der Waals surface area contributed by atoms with Gasteiger partial charge in [-0.25, -0.2) is 0 Å². The van der Waals surface area contributed by atoms with Crippen molar-refractivity contribution in [3.05, 3.63) is 0 Å². The lowest BCUT2D eigenvalue weighted by Crippen LogP contribution is -2.55. The maximum atomic E-state index is 11.6. The molecule has 8 rings (SSSR count). The third kappa shape index (κ3) is 35.1. The molecular weight excluding hydrogens is 877 g/mol. The summed E-state index contributed by atoms with van der Waals surface area (Å²) in [7, 11) is 0. The molecule has 0 radical (unpaired) electrons. The molecule has 1 spiro atoms. The largest absolute Gasteiger partial charge is 0.342 e. The average Bonchev–Trinajstić information content (AvgIpc) is 4.29. The summed E-state index contributed by atoms with van der Waals surface area (Å²) < 4.78 is 0. The second kappa shape index (κ2) is 52.5. The monoisotopic (exact) mass is 1020 g/mol. The van der Waals surface area contributed by atoms with E-state index in [1.54, 1.807) is 0 Å². The van der Waals surface area contributed by atoms with Gasteiger partial charge in [0.15, 0.2) is 0 Å². The maximum Gasteiger partial charge on any atom is 0.241 e. The van der Waals surface area contributed by atoms with Gasteiger partial charge in [-0.15, -0.1) is 0 Å². The van der Waals surface area contributed by atoms with E-state index in [-0.39, 0.29) is 11.4 Å². The van der Waals surface area contributed by atoms with Gasteiger partial charge in [-0.3, -0.25) is 19.9 Å². The van der Waals surface area contributed by atoms with E-state index < -0.39 is 0 Å². The van der Waals surface area contributed by atoms with Gasteiger partial charge in [0, 0.05) is 94.7 Å². The number of hydrogen-bond acceptors (Lipinski definition) is 10. The van der Waals surface area contributed by atoms with Gasteiger partial charge in [-0.05, 0) is 157 Å². The van der Waals surface area contributed by atoms with E-state index in [1.807, 2.05) is 96.9 Å². The fraction of sp³-hybridized carbons (Fsp3) is 0.983. The van der Waals surface area contributed by atoms with Crippen molar-refractivity contribution < 1.29 is 4.79 Å². The topological polar surface area (TPSA) is 102 Å². The Morgan fingerprint density at radius 1 is 0.493 bits per heavy atom. The van der Waals surface area contributed by atoms with E-state index in [0.717, 1.165) is 93.0 Å². The van der Waals surface area contributed by atoms with Crippen LogP contribution < -0.4 is 31.9 Å². The zero-order chi connectivity index (χ0) is 56.0. The van der Waals surface area contributed by atoms with Crippen molar-refractivity contribution in [2.24, 2.45) is 17.8 Å². The molecule has 1 amide bonds. The van der Waals surface area contributed by atoms with Crippen LogP contribution in [0.2, 0.25) is 0 Å². The van der Waals surface area contributed by atoms with Crippen LogP contribution in [-0.4, -0.2) is 165 Å². The van der Waals surface area contributed by atoms with Crippen molar-refractivity contribution >= 4 is 5.91 Å². The minimum atomic E-state index is -0.245. The van der Waals surface area contributed by atoms with Crippen molar-refractivity contribution in [3.8, 4) is 0 Å². The second-order valence-electron chi connectivity index (χ2n) is 20.0. The summed E-state index contributed by atoms with van der Waals surface area (Å²) in [6, 6.07) is 5.32. The number of nitrogens with one attached hydrogen (secondary N) is 6. The Kier molecular flexibility index (Phi) is 58.5. The van der Waals surface area contributed by atoms with Gasteiger partial charge in [0.1, 0.15) is 5.54 Å². The van der Waals surface area contributed by atoms with Gasteiger partial charge in [-0.2, -0.15) is 0 Å². The molecule has 4 atom stereocenters. The molecule has 0 aromatic carbocycles. The van der Waals surface area contributed by atoms with E-state index in [0.29, 0.717) is 12.7 Å². The predicted molar refractivity (Wildman–Crippen MR) is 323 cm³/mol. The predicted octanol–water partition coefficient (Wildman–Crippen LogP) is 12.0. The molecule has 71 heavy (non-hydrogen) atoms. The van der Waals surface area contributed by atoms with Gasteiger partial charge in [-0.1, -0.05) is 125 Å². The van der Waals surface area contributed by atoms with Crippen LogP contribution in [0.25, 0.3) is 0 Å². The number of piperazine rings is 2. The van der Waals surface area contributed by atoms with Crippen molar-refractivity contribution in [2.45, 2.75) is 279 Å². The highest BCUT2D eigenvalue weighted by molar-refractivity contribution is 5.88. The van der Waals surface area contributed by atoms with Gasteiger partial charge in [0.05, 0.1) is 6.67 Å². The minimum Gasteiger partial charge on any atom is -0.342 e. The van der Waals surface area contributed by atoms with E-state index in [9.17, 15) is 4.79 Å². The molecule has 0 aliphatic carbocycles. The standard InChI is InChI=1S/C10H19N3O.C8H16N2.C7H16N2.3C7H15N.7C2H6/c1-8(2)13-5-3-10(4-6-13)9(14)11-7-12-10;1-6(2)10-5-7-3-8(10)4-9-7;1-7(2)9-5-3-8-4-6-9;1-6(2)7-3-4-8-5-7;1-7(2)8-5-3-4-6-8;1-6(2)7-4-3-5-8-7;7*1-2/h8,12H,3-7H2,1-2H3,(H,11,14);6-9H,3-5H2,1-2H3;7-8H,3-6H2,1-2H3;6-8H,3-5H2,1-2H3;7H,3-6H2,1-2H3;6-8H,3-5H2,1-2H3;7*1-2H3. The number of carbonyl (C=O) groups excluding carboxylic acids is 1. The van der Waals surface area contributed by atoms with Gasteiger partial charge in [0.25, 0.3) is 0 Å². The average molecular weight is 1020 g/mol. The first kappa shape index (κ1) is 79.0. The quantitative estimate of drug-likeness (QED) is 0.154. The summed E-state index contributed by atoms with van der Waals surface area (Å²) in [6.45, 7) is 71.6. The number of rotatable bonds is 6. The first-order chi connectivity index (χ1) is 34.1. The highest BCUT2D eigenvalue weighted by Crippen LogP contribution is 2.26. The molecule has 8 saturated heterocycles. The number of piperidine rings is 1. The Morgan fingerprint density at radius 3 is 1.23 bits per heavy atom. The molecule has 2 bridgehead atoms. The van der Waals surface area contributed by atoms with Crippen molar-refractivity contribution in [2.75, 3.05) is 91.8 Å². The molecule has 8 fully saturated rings. The molecule has 8 aliphatic heterocycles. The summed E-state index contributed by atoms with van der Waals surface area (Å²) in [6.07, 6.45) is 10.3. The van der Waals surface area contributed by atoms with Crippen molar-refractivity contribution in [1.29, 1.82) is 0 Å². The second-order valence-corrected chi connectivity index (χ2v) is 20.0. The van der Waals surface area contributed by atoms with Crippen LogP contribution in [0.1, 0.15) is 231 Å². The fourth-order valence-electron chi connectivity index (χ4n) is 9.58. The molecule has 0 saturated carbocycles. The maximum absolute atomic E-state index is 11.6. The van der Waals surface area contributed by atoms with E-state index in [4.69, 9.17) is 0 Å². The summed E-state index contributed by atoms with van der Waals surface area (Å²) >= 11 is 0. The lowest BCUT2D eigenvalue weighted by Gasteiger charge is -2.39. The Morgan fingerprint density at radius 2 is 0.972 bits per heavy atom. The van der Waals surface area contributed by atoms with Crippen LogP contribution in [0.15, 0.2) is 0 Å². The van der Waals surface area contributed by atoms with E-state index in [2.05, 4.69) is 135 Å². The lowest BCUT2D eigenvalue weighted by atomic mass is 9.87. The number of fused-ring (bicyclic) bond motifs is 2. The molecular formula is C60H138N10O. The molecule has 4 unspecified atom stereocenters. The first-order valence-corrected chi connectivity index (χ1v) is 31.0. The van der Waals surface area contributed by atoms with Crippen LogP contribution in [0.5, 0.6) is 0 Å². The van der Waals surface area contributed by atoms with Crippen LogP contribution >= 0.6 is 0 Å². The zero-order valence-electron chi connectivity index (χ0n) is 53.5. The minimum absolute atomic E-state index is 0.195. The smallest absolute Gasteiger partial charge is 0.241 e. The molecule has 11 nitrogen and oxygen atoms in total. The van der Waals surface area contributed by atoms with Gasteiger partial charge >= 0.3 is 0 Å². The van der Waals surface area contributed by atoms with Gasteiger partial charge in [0.2, 0.25) is 5.91 Å². The third-order valence-corrected chi connectivity index (χ3v) is 14.0. The summed E-state index contributed by atoms with van der Waals surface area (Å²) in [5.41, 5.74) is -0.245. The number of nitrogens with zero attached hydrogens (tertiary/aromatic N) is 4. The zero-order valence-corrected chi connectivity index (χ0v) is 53.5. The highest BCUT2D eigenvalue weighted by atomic mass is 16.2. The van der Waals surface area contributed by atoms with Gasteiger partial charge < -0.3 is 36.4 Å². The lowest BCUT2D eigenvalue weighted by molar-refractivity contribution is -0.125. The Balaban J connectivity index is -0.000000236. The Bertz CT molecular complexity index is 994. The summed E-state index contributed by atoms with van der Waals surface area (Å²) in [5, 5.41) is 19.8. The third-order valence-electron chi connectivity index (χ3n) is 14.0. The van der Waals surface area contributed by atoms with E-state index in [1.165, 1.54) is 97.4 Å². The summed E-state index contributed by atoms with van der Waals surface area (Å²) in [4.78, 5) is 21.7. The van der Waals surface area contributed by atoms with Crippen LogP contribution in [-0.2, 0) is 4.79 Å². The molecule has 0 aromatic heterocycles. The molecule has 434 valence electrons. The SMILES string of the molecule is CC.CC.CC.CC.CC.CC.CC.CC(C)C1CCCN1.CC(C)C1CCNC1.CC(C)N1CC2CC1CN2.CC(C)N1CCC2(CC1)NCNC2=O.CC(C)N1CCCC1.CC(C)N1CCNCC1. The number of likely N-dealkylation sites (tertiary alicyclic amines) is 3. The van der Waals surface area contributed by atoms with Crippen LogP contribution in [0.3, 0.4) is 0 Å². The highest BCUT2D eigenvalue weighted by Gasteiger charge is 2.44. The Labute approximate surface area is 449 Å². The van der Waals surface area contributed by atoms with Crippen molar-refractivity contribution in [1.82, 2.24) is 51.5 Å². The molecule has 0 aromatic rings. The van der Waals surface area contributed by atoms with Crippen LogP contribution in [0.4, 0.5) is 0 Å². The summed E-state index contributed by atoms with van der Waals surface area (Å²) in [5.74, 6) is 2.86. The molecule has 8 heterocycles. The first-order valence-electron chi connectivity index (χ1n) is 31.0.